The summed E-state index contributed by atoms with van der Waals surface area (Å²) < 4.78 is 19.5. The minimum Gasteiger partial charge on any atom is -0.461 e. The molecule has 0 atom stereocenters. The smallest absolute Gasteiger partial charge is 0.361 e. The van der Waals surface area contributed by atoms with Crippen LogP contribution in [0, 0.1) is 12.7 Å². The molecule has 1 aliphatic rings. The normalized spacial score (nSPS) is 14.3. The molecule has 2 heterocycles. The van der Waals surface area contributed by atoms with E-state index < -0.39 is 5.97 Å². The summed E-state index contributed by atoms with van der Waals surface area (Å²) in [5.74, 6) is -0.884. The van der Waals surface area contributed by atoms with Gasteiger partial charge in [0.25, 0.3) is 0 Å². The van der Waals surface area contributed by atoms with Crippen LogP contribution in [0.4, 0.5) is 10.1 Å². The fourth-order valence-corrected chi connectivity index (χ4v) is 2.88. The van der Waals surface area contributed by atoms with Gasteiger partial charge in [0.15, 0.2) is 5.69 Å². The molecule has 2 aromatic rings. The number of esters is 1. The van der Waals surface area contributed by atoms with Gasteiger partial charge in [-0.3, -0.25) is 0 Å². The molecule has 7 heteroatoms. The van der Waals surface area contributed by atoms with Crippen molar-refractivity contribution in [3.8, 4) is 11.3 Å². The number of ether oxygens (including phenoxy) is 1. The first-order chi connectivity index (χ1) is 11.1. The van der Waals surface area contributed by atoms with Crippen LogP contribution in [0.3, 0.4) is 0 Å². The van der Waals surface area contributed by atoms with Crippen LogP contribution >= 0.6 is 0 Å². The summed E-state index contributed by atoms with van der Waals surface area (Å²) >= 11 is 0. The number of halogens is 1. The molecular formula is C16H19FN4O2. The number of hydrogen-bond acceptors (Lipinski definition) is 5. The van der Waals surface area contributed by atoms with Crippen molar-refractivity contribution in [1.82, 2.24) is 15.4 Å². The lowest BCUT2D eigenvalue weighted by Gasteiger charge is -2.20. The van der Waals surface area contributed by atoms with Crippen LogP contribution in [0.2, 0.25) is 0 Å². The molecule has 1 aromatic heterocycles. The third-order valence-electron chi connectivity index (χ3n) is 4.01. The van der Waals surface area contributed by atoms with E-state index in [-0.39, 0.29) is 18.1 Å². The Morgan fingerprint density at radius 2 is 2.09 bits per heavy atom. The van der Waals surface area contributed by atoms with Gasteiger partial charge < -0.3 is 9.64 Å². The van der Waals surface area contributed by atoms with Gasteiger partial charge in [0.1, 0.15) is 11.5 Å². The number of aryl methyl sites for hydroxylation is 1. The van der Waals surface area contributed by atoms with E-state index in [1.54, 1.807) is 13.0 Å². The first-order valence-electron chi connectivity index (χ1n) is 7.75. The summed E-state index contributed by atoms with van der Waals surface area (Å²) in [6.45, 7) is 5.57. The first kappa shape index (κ1) is 15.5. The number of nitrogens with zero attached hydrogens (tertiary/aromatic N) is 3. The molecule has 1 N–H and O–H groups in total. The Bertz CT molecular complexity index is 723. The molecule has 0 radical (unpaired) electrons. The van der Waals surface area contributed by atoms with Gasteiger partial charge in [-0.2, -0.15) is 10.3 Å². The van der Waals surface area contributed by atoms with E-state index in [9.17, 15) is 9.18 Å². The van der Waals surface area contributed by atoms with Gasteiger partial charge in [0, 0.05) is 18.7 Å². The van der Waals surface area contributed by atoms with Gasteiger partial charge in [0.05, 0.1) is 12.3 Å². The lowest BCUT2D eigenvalue weighted by atomic mass is 10.0. The fraction of sp³-hybridized carbons (Fsp3) is 0.438. The minimum absolute atomic E-state index is 0.0725. The number of hydrogen-bond donors (Lipinski definition) is 1. The second kappa shape index (κ2) is 6.36. The molecule has 0 amide bonds. The number of aromatic nitrogens is 3. The summed E-state index contributed by atoms with van der Waals surface area (Å²) in [5.41, 5.74) is 2.37. The maximum Gasteiger partial charge on any atom is 0.361 e. The average molecular weight is 318 g/mol. The predicted octanol–water partition coefficient (Wildman–Crippen LogP) is 2.70. The number of anilines is 1. The molecule has 122 valence electrons. The van der Waals surface area contributed by atoms with E-state index in [0.717, 1.165) is 31.5 Å². The van der Waals surface area contributed by atoms with Crippen LogP contribution < -0.4 is 4.90 Å². The molecule has 0 aliphatic carbocycles. The van der Waals surface area contributed by atoms with Crippen LogP contribution in [0.25, 0.3) is 11.3 Å². The van der Waals surface area contributed by atoms with Gasteiger partial charge in [-0.15, -0.1) is 5.10 Å². The Labute approximate surface area is 133 Å². The molecule has 1 aliphatic heterocycles. The van der Waals surface area contributed by atoms with Gasteiger partial charge >= 0.3 is 5.97 Å². The topological polar surface area (TPSA) is 71.1 Å². The lowest BCUT2D eigenvalue weighted by Crippen LogP contribution is -2.19. The van der Waals surface area contributed by atoms with E-state index >= 15 is 0 Å². The number of H-pyrrole nitrogens is 1. The Hall–Kier alpha value is -2.44. The largest absolute Gasteiger partial charge is 0.461 e. The van der Waals surface area contributed by atoms with Gasteiger partial charge in [0.2, 0.25) is 0 Å². The SMILES string of the molecule is CCOC(=O)c1n[nH]nc1-c1cc(F)c(N2CCCC2)cc1C. The number of carbonyl (C=O) groups is 1. The van der Waals surface area contributed by atoms with E-state index in [1.165, 1.54) is 6.07 Å². The quantitative estimate of drug-likeness (QED) is 0.878. The number of carbonyl (C=O) groups excluding carboxylic acids is 1. The van der Waals surface area contributed by atoms with Crippen LogP contribution in [-0.4, -0.2) is 41.1 Å². The van der Waals surface area contributed by atoms with Gasteiger partial charge in [-0.05, 0) is 44.4 Å². The summed E-state index contributed by atoms with van der Waals surface area (Å²) in [7, 11) is 0. The van der Waals surface area contributed by atoms with Crippen LogP contribution in [0.5, 0.6) is 0 Å². The molecule has 0 spiro atoms. The summed E-state index contributed by atoms with van der Waals surface area (Å²) in [5, 5.41) is 10.3. The highest BCUT2D eigenvalue weighted by Crippen LogP contribution is 2.32. The molecule has 0 bridgehead atoms. The molecule has 1 aromatic carbocycles. The third-order valence-corrected chi connectivity index (χ3v) is 4.01. The van der Waals surface area contributed by atoms with E-state index in [1.807, 2.05) is 11.8 Å². The van der Waals surface area contributed by atoms with Crippen molar-refractivity contribution < 1.29 is 13.9 Å². The van der Waals surface area contributed by atoms with E-state index in [4.69, 9.17) is 4.74 Å². The van der Waals surface area contributed by atoms with Gasteiger partial charge in [-0.25, -0.2) is 9.18 Å². The average Bonchev–Trinajstić information content (AvgIpc) is 3.20. The van der Waals surface area contributed by atoms with Crippen molar-refractivity contribution in [2.75, 3.05) is 24.6 Å². The maximum absolute atomic E-state index is 14.5. The third kappa shape index (κ3) is 2.91. The highest BCUT2D eigenvalue weighted by Gasteiger charge is 2.23. The minimum atomic E-state index is -0.570. The number of nitrogens with one attached hydrogen (secondary N) is 1. The number of aromatic amines is 1. The fourth-order valence-electron chi connectivity index (χ4n) is 2.88. The van der Waals surface area contributed by atoms with E-state index in [2.05, 4.69) is 15.4 Å². The highest BCUT2D eigenvalue weighted by molar-refractivity contribution is 5.94. The molecule has 0 unspecified atom stereocenters. The number of benzene rings is 1. The first-order valence-corrected chi connectivity index (χ1v) is 7.75. The number of rotatable bonds is 4. The maximum atomic E-state index is 14.5. The van der Waals surface area contributed by atoms with Crippen molar-refractivity contribution >= 4 is 11.7 Å². The summed E-state index contributed by atoms with van der Waals surface area (Å²) in [4.78, 5) is 14.0. The Morgan fingerprint density at radius 1 is 1.35 bits per heavy atom. The molecule has 1 fully saturated rings. The Kier molecular flexibility index (Phi) is 4.27. The van der Waals surface area contributed by atoms with Crippen molar-refractivity contribution in [2.24, 2.45) is 0 Å². The van der Waals surface area contributed by atoms with Crippen molar-refractivity contribution in [1.29, 1.82) is 0 Å². The second-order valence-electron chi connectivity index (χ2n) is 5.55. The Morgan fingerprint density at radius 3 is 2.78 bits per heavy atom. The van der Waals surface area contributed by atoms with Crippen LogP contribution in [0.1, 0.15) is 35.8 Å². The molecule has 23 heavy (non-hydrogen) atoms. The second-order valence-corrected chi connectivity index (χ2v) is 5.55. The monoisotopic (exact) mass is 318 g/mol. The molecule has 3 rings (SSSR count). The summed E-state index contributed by atoms with van der Waals surface area (Å²) in [6, 6.07) is 3.23. The zero-order valence-electron chi connectivity index (χ0n) is 13.2. The van der Waals surface area contributed by atoms with Gasteiger partial charge in [-0.1, -0.05) is 0 Å². The molecule has 6 nitrogen and oxygen atoms in total. The lowest BCUT2D eigenvalue weighted by molar-refractivity contribution is 0.0520. The predicted molar refractivity (Wildman–Crippen MR) is 83.9 cm³/mol. The van der Waals surface area contributed by atoms with Crippen molar-refractivity contribution in [2.45, 2.75) is 26.7 Å². The van der Waals surface area contributed by atoms with Crippen LogP contribution in [0.15, 0.2) is 12.1 Å². The van der Waals surface area contributed by atoms with Crippen molar-refractivity contribution in [3.05, 3.63) is 29.2 Å². The zero-order valence-corrected chi connectivity index (χ0v) is 13.2. The highest BCUT2D eigenvalue weighted by atomic mass is 19.1. The van der Waals surface area contributed by atoms with Crippen molar-refractivity contribution in [3.63, 3.8) is 0 Å². The van der Waals surface area contributed by atoms with E-state index in [0.29, 0.717) is 16.9 Å². The molecule has 0 saturated carbocycles. The molecule has 1 saturated heterocycles. The van der Waals surface area contributed by atoms with Crippen LogP contribution in [-0.2, 0) is 4.74 Å². The molecular weight excluding hydrogens is 299 g/mol. The summed E-state index contributed by atoms with van der Waals surface area (Å²) in [6.07, 6.45) is 2.16. The standard InChI is InChI=1S/C16H19FN4O2/c1-3-23-16(22)15-14(18-20-19-15)11-9-12(17)13(8-10(11)2)21-6-4-5-7-21/h8-9H,3-7H2,1-2H3,(H,18,19,20). The Balaban J connectivity index is 2.00. The zero-order chi connectivity index (χ0) is 16.4.